The van der Waals surface area contributed by atoms with Gasteiger partial charge in [-0.15, -0.1) is 0 Å². The van der Waals surface area contributed by atoms with E-state index in [1.165, 1.54) is 0 Å². The van der Waals surface area contributed by atoms with Crippen molar-refractivity contribution in [1.29, 1.82) is 0 Å². The summed E-state index contributed by atoms with van der Waals surface area (Å²) in [5.41, 5.74) is -0.794. The first-order valence-corrected chi connectivity index (χ1v) is 8.91. The maximum Gasteiger partial charge on any atom is 0.315 e. The van der Waals surface area contributed by atoms with Gasteiger partial charge >= 0.3 is 11.7 Å². The number of aliphatic carboxylic acids is 1. The maximum atomic E-state index is 13.9. The van der Waals surface area contributed by atoms with Gasteiger partial charge in [0.2, 0.25) is 15.8 Å². The molecule has 1 saturated carbocycles. The number of hydrogen-bond donors (Lipinski definition) is 2. The van der Waals surface area contributed by atoms with Crippen molar-refractivity contribution in [2.45, 2.75) is 36.6 Å². The third kappa shape index (κ3) is 4.23. The molecule has 0 atom stereocenters. The molecule has 1 fully saturated rings. The maximum absolute atomic E-state index is 13.9. The van der Waals surface area contributed by atoms with Gasteiger partial charge in [-0.25, -0.2) is 17.5 Å². The van der Waals surface area contributed by atoms with Crippen molar-refractivity contribution in [1.82, 2.24) is 4.72 Å². The fourth-order valence-corrected chi connectivity index (χ4v) is 4.13. The summed E-state index contributed by atoms with van der Waals surface area (Å²) in [6.07, 6.45) is 1.27. The van der Waals surface area contributed by atoms with E-state index in [4.69, 9.17) is 5.11 Å². The summed E-state index contributed by atoms with van der Waals surface area (Å²) < 4.78 is 45.7. The molecule has 0 bridgehead atoms. The average Bonchev–Trinajstić information content (AvgIpc) is 2.54. The summed E-state index contributed by atoms with van der Waals surface area (Å²) in [6, 6.07) is 0.870. The Hall–Kier alpha value is -2.27. The Morgan fingerprint density at radius 2 is 1.96 bits per heavy atom. The minimum Gasteiger partial charge on any atom is -0.488 e. The number of carboxylic acids is 1. The van der Waals surface area contributed by atoms with Crippen LogP contribution in [0.1, 0.15) is 25.7 Å². The Kier molecular flexibility index (Phi) is 5.58. The lowest BCUT2D eigenvalue weighted by molar-refractivity contribution is -0.386. The van der Waals surface area contributed by atoms with Crippen LogP contribution in [0.5, 0.6) is 5.75 Å². The molecule has 0 saturated heterocycles. The average molecular weight is 376 g/mol. The highest BCUT2D eigenvalue weighted by Crippen LogP contribution is 2.33. The van der Waals surface area contributed by atoms with Gasteiger partial charge in [-0.1, -0.05) is 0 Å². The molecular weight excluding hydrogens is 359 g/mol. The third-order valence-electron chi connectivity index (χ3n) is 4.11. The van der Waals surface area contributed by atoms with Crippen molar-refractivity contribution in [2.75, 3.05) is 7.11 Å². The molecule has 1 aliphatic carbocycles. The predicted octanol–water partition coefficient (Wildman–Crippen LogP) is 1.66. The standard InChI is InChI=1S/C14H17FN2O7S/c1-24-13-11(15)6-10(7-12(13)17(20)21)25(22,23)16-9-4-2-8(3-5-9)14(18)19/h6-9,16H,2-5H2,1H3,(H,18,19). The van der Waals surface area contributed by atoms with Gasteiger partial charge in [-0.05, 0) is 31.7 Å². The summed E-state index contributed by atoms with van der Waals surface area (Å²) in [5, 5.41) is 19.9. The number of nitrogens with zero attached hydrogens (tertiary/aromatic N) is 1. The van der Waals surface area contributed by atoms with Gasteiger partial charge in [-0.2, -0.15) is 0 Å². The molecule has 0 aliphatic heterocycles. The monoisotopic (exact) mass is 376 g/mol. The van der Waals surface area contributed by atoms with Crippen molar-refractivity contribution in [2.24, 2.45) is 5.92 Å². The van der Waals surface area contributed by atoms with E-state index in [-0.39, 0.29) is 0 Å². The molecule has 0 heterocycles. The zero-order valence-electron chi connectivity index (χ0n) is 13.3. The smallest absolute Gasteiger partial charge is 0.315 e. The van der Waals surface area contributed by atoms with Gasteiger partial charge < -0.3 is 9.84 Å². The number of nitrogens with one attached hydrogen (secondary N) is 1. The number of sulfonamides is 1. The van der Waals surface area contributed by atoms with Crippen LogP contribution in [0.15, 0.2) is 17.0 Å². The molecule has 2 rings (SSSR count). The van der Waals surface area contributed by atoms with Crippen molar-refractivity contribution in [3.05, 3.63) is 28.1 Å². The number of nitro benzene ring substituents is 1. The summed E-state index contributed by atoms with van der Waals surface area (Å²) in [6.45, 7) is 0. The number of benzene rings is 1. The summed E-state index contributed by atoms with van der Waals surface area (Å²) >= 11 is 0. The summed E-state index contributed by atoms with van der Waals surface area (Å²) in [5.74, 6) is -3.24. The fourth-order valence-electron chi connectivity index (χ4n) is 2.79. The minimum atomic E-state index is -4.20. The summed E-state index contributed by atoms with van der Waals surface area (Å²) in [4.78, 5) is 20.4. The zero-order chi connectivity index (χ0) is 18.8. The Labute approximate surface area is 143 Å². The molecule has 0 amide bonds. The van der Waals surface area contributed by atoms with E-state index in [9.17, 15) is 27.7 Å². The van der Waals surface area contributed by atoms with Gasteiger partial charge in [-0.3, -0.25) is 14.9 Å². The second-order valence-corrected chi connectivity index (χ2v) is 7.44. The van der Waals surface area contributed by atoms with E-state index < -0.39 is 55.0 Å². The SMILES string of the molecule is COc1c(F)cc(S(=O)(=O)NC2CCC(C(=O)O)CC2)cc1[N+](=O)[O-]. The fraction of sp³-hybridized carbons (Fsp3) is 0.500. The van der Waals surface area contributed by atoms with E-state index in [2.05, 4.69) is 9.46 Å². The Morgan fingerprint density at radius 1 is 1.36 bits per heavy atom. The molecule has 138 valence electrons. The van der Waals surface area contributed by atoms with Crippen LogP contribution in [-0.4, -0.2) is 37.6 Å². The molecule has 0 radical (unpaired) electrons. The molecule has 1 aliphatic rings. The highest BCUT2D eigenvalue weighted by molar-refractivity contribution is 7.89. The van der Waals surface area contributed by atoms with Crippen molar-refractivity contribution in [3.63, 3.8) is 0 Å². The van der Waals surface area contributed by atoms with Crippen molar-refractivity contribution >= 4 is 21.7 Å². The number of carbonyl (C=O) groups is 1. The highest BCUT2D eigenvalue weighted by atomic mass is 32.2. The molecule has 11 heteroatoms. The lowest BCUT2D eigenvalue weighted by Crippen LogP contribution is -2.38. The molecule has 0 unspecified atom stereocenters. The van der Waals surface area contributed by atoms with E-state index in [0.29, 0.717) is 31.7 Å². The minimum absolute atomic E-state index is 0.316. The molecule has 25 heavy (non-hydrogen) atoms. The normalized spacial score (nSPS) is 20.9. The number of hydrogen-bond acceptors (Lipinski definition) is 6. The molecule has 9 nitrogen and oxygen atoms in total. The molecule has 1 aromatic rings. The van der Waals surface area contributed by atoms with Crippen LogP contribution in [0.2, 0.25) is 0 Å². The number of methoxy groups -OCH3 is 1. The quantitative estimate of drug-likeness (QED) is 0.569. The molecule has 1 aromatic carbocycles. The lowest BCUT2D eigenvalue weighted by Gasteiger charge is -2.26. The first-order chi connectivity index (χ1) is 11.7. The van der Waals surface area contributed by atoms with Crippen LogP contribution >= 0.6 is 0 Å². The number of rotatable bonds is 6. The Morgan fingerprint density at radius 3 is 2.44 bits per heavy atom. The van der Waals surface area contributed by atoms with Gasteiger partial charge in [0.15, 0.2) is 5.82 Å². The number of ether oxygens (including phenoxy) is 1. The van der Waals surface area contributed by atoms with E-state index in [1.54, 1.807) is 0 Å². The zero-order valence-corrected chi connectivity index (χ0v) is 14.1. The molecule has 0 aromatic heterocycles. The van der Waals surface area contributed by atoms with Gasteiger partial charge in [0.1, 0.15) is 0 Å². The van der Waals surface area contributed by atoms with Crippen molar-refractivity contribution < 1.29 is 32.4 Å². The van der Waals surface area contributed by atoms with Crippen LogP contribution in [0, 0.1) is 21.8 Å². The largest absolute Gasteiger partial charge is 0.488 e. The van der Waals surface area contributed by atoms with Crippen LogP contribution < -0.4 is 9.46 Å². The van der Waals surface area contributed by atoms with Gasteiger partial charge in [0, 0.05) is 12.1 Å². The first kappa shape index (κ1) is 19.1. The van der Waals surface area contributed by atoms with E-state index >= 15 is 0 Å². The first-order valence-electron chi connectivity index (χ1n) is 7.42. The number of halogens is 1. The Bertz CT molecular complexity index is 789. The predicted molar refractivity (Wildman–Crippen MR) is 83.3 cm³/mol. The van der Waals surface area contributed by atoms with E-state index in [1.807, 2.05) is 0 Å². The highest BCUT2D eigenvalue weighted by Gasteiger charge is 2.31. The molecular formula is C14H17FN2O7S. The van der Waals surface area contributed by atoms with Crippen LogP contribution in [-0.2, 0) is 14.8 Å². The van der Waals surface area contributed by atoms with Crippen LogP contribution in [0.3, 0.4) is 0 Å². The number of carboxylic acid groups (broad SMARTS) is 1. The van der Waals surface area contributed by atoms with Gasteiger partial charge in [0.05, 0.1) is 22.8 Å². The van der Waals surface area contributed by atoms with Crippen molar-refractivity contribution in [3.8, 4) is 5.75 Å². The summed E-state index contributed by atoms with van der Waals surface area (Å²) in [7, 11) is -3.16. The van der Waals surface area contributed by atoms with E-state index in [0.717, 1.165) is 13.2 Å². The third-order valence-corrected chi connectivity index (χ3v) is 5.61. The lowest BCUT2D eigenvalue weighted by atomic mass is 9.87. The van der Waals surface area contributed by atoms with Crippen LogP contribution in [0.4, 0.5) is 10.1 Å². The molecule has 0 spiro atoms. The van der Waals surface area contributed by atoms with Crippen LogP contribution in [0.25, 0.3) is 0 Å². The number of nitro groups is 1. The topological polar surface area (TPSA) is 136 Å². The second-order valence-electron chi connectivity index (χ2n) is 5.72. The Balaban J connectivity index is 2.23. The van der Waals surface area contributed by atoms with Gasteiger partial charge in [0.25, 0.3) is 0 Å². The molecule has 2 N–H and O–H groups in total. The second kappa shape index (κ2) is 7.31.